The highest BCUT2D eigenvalue weighted by Crippen LogP contribution is 2.24. The van der Waals surface area contributed by atoms with Gasteiger partial charge in [-0.1, -0.05) is 51.0 Å². The van der Waals surface area contributed by atoms with Crippen molar-refractivity contribution < 1.29 is 0 Å². The van der Waals surface area contributed by atoms with Gasteiger partial charge in [-0.25, -0.2) is 0 Å². The molecule has 0 radical (unpaired) electrons. The van der Waals surface area contributed by atoms with Gasteiger partial charge in [0.2, 0.25) is 0 Å². The smallest absolute Gasteiger partial charge is 0.00192 e. The number of hydrogen-bond donors (Lipinski definition) is 0. The standard InChI is InChI=1S/C10H16/c1-3-9(4-2)10-7-5-6-8-10/h5-10H,3-4H2,1-2H3. The van der Waals surface area contributed by atoms with Gasteiger partial charge in [-0.15, -0.1) is 0 Å². The summed E-state index contributed by atoms with van der Waals surface area (Å²) in [6, 6.07) is 0. The van der Waals surface area contributed by atoms with Crippen LogP contribution in [0.3, 0.4) is 0 Å². The first-order valence-corrected chi connectivity index (χ1v) is 4.23. The fourth-order valence-corrected chi connectivity index (χ4v) is 1.60. The van der Waals surface area contributed by atoms with E-state index in [4.69, 9.17) is 0 Å². The van der Waals surface area contributed by atoms with Crippen LogP contribution in [0.1, 0.15) is 26.7 Å². The van der Waals surface area contributed by atoms with Gasteiger partial charge in [0.1, 0.15) is 0 Å². The molecular formula is C10H16. The van der Waals surface area contributed by atoms with E-state index >= 15 is 0 Å². The Bertz CT molecular complexity index is 126. The molecule has 0 spiro atoms. The van der Waals surface area contributed by atoms with Crippen molar-refractivity contribution in [2.24, 2.45) is 11.8 Å². The quantitative estimate of drug-likeness (QED) is 0.559. The zero-order chi connectivity index (χ0) is 7.40. The predicted octanol–water partition coefficient (Wildman–Crippen LogP) is 3.16. The highest BCUT2D eigenvalue weighted by molar-refractivity contribution is 5.18. The van der Waals surface area contributed by atoms with Gasteiger partial charge in [0, 0.05) is 0 Å². The summed E-state index contributed by atoms with van der Waals surface area (Å²) < 4.78 is 0. The van der Waals surface area contributed by atoms with Gasteiger partial charge in [0.05, 0.1) is 0 Å². The molecule has 56 valence electrons. The molecule has 0 atom stereocenters. The molecule has 0 unspecified atom stereocenters. The summed E-state index contributed by atoms with van der Waals surface area (Å²) in [6.07, 6.45) is 11.5. The Morgan fingerprint density at radius 3 is 2.00 bits per heavy atom. The molecule has 0 N–H and O–H groups in total. The molecule has 0 aliphatic heterocycles. The van der Waals surface area contributed by atoms with E-state index in [2.05, 4.69) is 38.2 Å². The van der Waals surface area contributed by atoms with Gasteiger partial charge in [-0.05, 0) is 11.8 Å². The average Bonchev–Trinajstić information content (AvgIpc) is 2.43. The molecule has 0 heteroatoms. The third-order valence-electron chi connectivity index (χ3n) is 2.37. The van der Waals surface area contributed by atoms with Crippen molar-refractivity contribution in [1.29, 1.82) is 0 Å². The van der Waals surface area contributed by atoms with Crippen molar-refractivity contribution in [2.75, 3.05) is 0 Å². The van der Waals surface area contributed by atoms with E-state index in [0.29, 0.717) is 0 Å². The zero-order valence-electron chi connectivity index (χ0n) is 6.88. The molecular weight excluding hydrogens is 120 g/mol. The SMILES string of the molecule is CCC(CC)C1C=CC=C1. The summed E-state index contributed by atoms with van der Waals surface area (Å²) in [5.41, 5.74) is 0. The van der Waals surface area contributed by atoms with Gasteiger partial charge in [0.15, 0.2) is 0 Å². The molecule has 1 aliphatic rings. The summed E-state index contributed by atoms with van der Waals surface area (Å²) in [4.78, 5) is 0. The number of rotatable bonds is 3. The van der Waals surface area contributed by atoms with E-state index in [9.17, 15) is 0 Å². The van der Waals surface area contributed by atoms with Crippen LogP contribution in [0.25, 0.3) is 0 Å². The van der Waals surface area contributed by atoms with Crippen molar-refractivity contribution in [3.63, 3.8) is 0 Å². The van der Waals surface area contributed by atoms with Crippen LogP contribution >= 0.6 is 0 Å². The van der Waals surface area contributed by atoms with E-state index in [1.54, 1.807) is 0 Å². The Labute approximate surface area is 63.6 Å². The second kappa shape index (κ2) is 3.60. The van der Waals surface area contributed by atoms with Gasteiger partial charge < -0.3 is 0 Å². The van der Waals surface area contributed by atoms with Gasteiger partial charge >= 0.3 is 0 Å². The van der Waals surface area contributed by atoms with Gasteiger partial charge in [0.25, 0.3) is 0 Å². The molecule has 10 heavy (non-hydrogen) atoms. The minimum absolute atomic E-state index is 0.731. The van der Waals surface area contributed by atoms with Crippen molar-refractivity contribution in [2.45, 2.75) is 26.7 Å². The minimum Gasteiger partial charge on any atom is -0.0773 e. The minimum atomic E-state index is 0.731. The topological polar surface area (TPSA) is 0 Å². The monoisotopic (exact) mass is 136 g/mol. The predicted molar refractivity (Wildman–Crippen MR) is 45.8 cm³/mol. The maximum absolute atomic E-state index is 2.30. The van der Waals surface area contributed by atoms with E-state index in [1.807, 2.05) is 0 Å². The van der Waals surface area contributed by atoms with Crippen molar-refractivity contribution in [3.05, 3.63) is 24.3 Å². The third kappa shape index (κ3) is 1.50. The Kier molecular flexibility index (Phi) is 2.73. The van der Waals surface area contributed by atoms with Crippen LogP contribution in [0, 0.1) is 11.8 Å². The second-order valence-electron chi connectivity index (χ2n) is 2.92. The molecule has 0 bridgehead atoms. The first kappa shape index (κ1) is 7.59. The van der Waals surface area contributed by atoms with Crippen LogP contribution < -0.4 is 0 Å². The lowest BCUT2D eigenvalue weighted by molar-refractivity contribution is 0.428. The number of allylic oxidation sites excluding steroid dienone is 4. The molecule has 1 aliphatic carbocycles. The van der Waals surface area contributed by atoms with E-state index in [0.717, 1.165) is 11.8 Å². The van der Waals surface area contributed by atoms with Crippen LogP contribution in [0.5, 0.6) is 0 Å². The molecule has 1 rings (SSSR count). The first-order valence-electron chi connectivity index (χ1n) is 4.23. The molecule has 0 nitrogen and oxygen atoms in total. The maximum atomic E-state index is 2.30. The Balaban J connectivity index is 2.45. The van der Waals surface area contributed by atoms with Gasteiger partial charge in [-0.2, -0.15) is 0 Å². The normalized spacial score (nSPS) is 17.5. The lowest BCUT2D eigenvalue weighted by Crippen LogP contribution is -2.06. The van der Waals surface area contributed by atoms with Crippen molar-refractivity contribution in [3.8, 4) is 0 Å². The van der Waals surface area contributed by atoms with Crippen LogP contribution in [0.2, 0.25) is 0 Å². The summed E-state index contributed by atoms with van der Waals surface area (Å²) in [5, 5.41) is 0. The van der Waals surface area contributed by atoms with E-state index in [-0.39, 0.29) is 0 Å². The van der Waals surface area contributed by atoms with Crippen LogP contribution in [0.15, 0.2) is 24.3 Å². The molecule has 0 saturated carbocycles. The lowest BCUT2D eigenvalue weighted by atomic mass is 9.89. The molecule has 0 aromatic heterocycles. The molecule has 0 saturated heterocycles. The van der Waals surface area contributed by atoms with Crippen LogP contribution in [-0.2, 0) is 0 Å². The van der Waals surface area contributed by atoms with Crippen LogP contribution in [-0.4, -0.2) is 0 Å². The fourth-order valence-electron chi connectivity index (χ4n) is 1.60. The molecule has 0 heterocycles. The Hall–Kier alpha value is -0.520. The molecule has 0 amide bonds. The van der Waals surface area contributed by atoms with Crippen molar-refractivity contribution in [1.82, 2.24) is 0 Å². The third-order valence-corrected chi connectivity index (χ3v) is 2.37. The molecule has 0 fully saturated rings. The van der Waals surface area contributed by atoms with Gasteiger partial charge in [-0.3, -0.25) is 0 Å². The van der Waals surface area contributed by atoms with E-state index in [1.165, 1.54) is 12.8 Å². The summed E-state index contributed by atoms with van der Waals surface area (Å²) in [6.45, 7) is 4.54. The van der Waals surface area contributed by atoms with Crippen molar-refractivity contribution >= 4 is 0 Å². The molecule has 0 aromatic rings. The lowest BCUT2D eigenvalue weighted by Gasteiger charge is -2.16. The maximum Gasteiger partial charge on any atom is -0.00192 e. The summed E-state index contributed by atoms with van der Waals surface area (Å²) >= 11 is 0. The Morgan fingerprint density at radius 2 is 1.60 bits per heavy atom. The summed E-state index contributed by atoms with van der Waals surface area (Å²) in [7, 11) is 0. The fraction of sp³-hybridized carbons (Fsp3) is 0.600. The van der Waals surface area contributed by atoms with E-state index < -0.39 is 0 Å². The zero-order valence-corrected chi connectivity index (χ0v) is 6.88. The van der Waals surface area contributed by atoms with Crippen LogP contribution in [0.4, 0.5) is 0 Å². The highest BCUT2D eigenvalue weighted by Gasteiger charge is 2.13. The Morgan fingerprint density at radius 1 is 1.10 bits per heavy atom. The first-order chi connectivity index (χ1) is 4.88. The number of hydrogen-bond acceptors (Lipinski definition) is 0. The largest absolute Gasteiger partial charge is 0.0773 e. The second-order valence-corrected chi connectivity index (χ2v) is 2.92. The average molecular weight is 136 g/mol. The summed E-state index contributed by atoms with van der Waals surface area (Å²) in [5.74, 6) is 1.60. The highest BCUT2D eigenvalue weighted by atomic mass is 14.2. The molecule has 0 aromatic carbocycles.